The molecule has 0 bridgehead atoms. The van der Waals surface area contributed by atoms with Crippen molar-refractivity contribution >= 4 is 32.8 Å². The average molecular weight is 863 g/mol. The van der Waals surface area contributed by atoms with Gasteiger partial charge in [-0.25, -0.2) is 4.98 Å². The van der Waals surface area contributed by atoms with Crippen molar-refractivity contribution in [2.45, 2.75) is 67.7 Å². The van der Waals surface area contributed by atoms with E-state index in [1.807, 2.05) is 12.3 Å². The summed E-state index contributed by atoms with van der Waals surface area (Å²) in [6.45, 7) is 16.0. The van der Waals surface area contributed by atoms with E-state index in [-0.39, 0.29) is 5.41 Å². The van der Waals surface area contributed by atoms with Crippen LogP contribution in [0.2, 0.25) is 0 Å². The molecule has 3 aromatic heterocycles. The van der Waals surface area contributed by atoms with Crippen LogP contribution in [-0.4, -0.2) is 14.1 Å². The number of para-hydroxylation sites is 4. The molecular weight excluding hydrogens is 805 g/mol. The maximum atomic E-state index is 6.79. The van der Waals surface area contributed by atoms with E-state index in [9.17, 15) is 0 Å². The van der Waals surface area contributed by atoms with Crippen LogP contribution in [0.25, 0.3) is 72.3 Å². The lowest BCUT2D eigenvalue weighted by atomic mass is 9.88. The highest BCUT2D eigenvalue weighted by molar-refractivity contribution is 6.09. The first-order valence-corrected chi connectivity index (χ1v) is 23.5. The molecule has 0 saturated heterocycles. The Hall–Kier alpha value is -7.24. The number of pyridine rings is 1. The summed E-state index contributed by atoms with van der Waals surface area (Å²) in [7, 11) is 0. The largest absolute Gasteiger partial charge is 0.458 e. The Morgan fingerprint density at radius 2 is 1.18 bits per heavy atom. The van der Waals surface area contributed by atoms with Gasteiger partial charge in [0.1, 0.15) is 17.3 Å². The molecule has 0 saturated carbocycles. The Bertz CT molecular complexity index is 3310. The van der Waals surface area contributed by atoms with Crippen molar-refractivity contribution in [3.05, 3.63) is 199 Å². The molecule has 0 radical (unpaired) electrons. The fourth-order valence-electron chi connectivity index (χ4n) is 9.73. The van der Waals surface area contributed by atoms with E-state index in [0.717, 1.165) is 86.5 Å². The van der Waals surface area contributed by atoms with Gasteiger partial charge in [-0.2, -0.15) is 0 Å². The first-order chi connectivity index (χ1) is 32.0. The molecule has 7 aromatic carbocycles. The number of nitrogens with zero attached hydrogens (tertiary/aromatic N) is 4. The van der Waals surface area contributed by atoms with Gasteiger partial charge in [0.15, 0.2) is 0 Å². The van der Waals surface area contributed by atoms with Gasteiger partial charge in [0.25, 0.3) is 6.33 Å². The quantitative estimate of drug-likeness (QED) is 0.0906. The van der Waals surface area contributed by atoms with Gasteiger partial charge in [0, 0.05) is 23.0 Å². The Labute approximate surface area is 389 Å². The first-order valence-electron chi connectivity index (χ1n) is 23.5. The molecule has 0 spiro atoms. The van der Waals surface area contributed by atoms with E-state index in [1.165, 1.54) is 33.2 Å². The second-order valence-corrected chi connectivity index (χ2v) is 19.9. The molecule has 0 N–H and O–H groups in total. The fourth-order valence-corrected chi connectivity index (χ4v) is 9.73. The van der Waals surface area contributed by atoms with Crippen LogP contribution in [0.1, 0.15) is 65.2 Å². The fraction of sp³-hybridized carbons (Fsp3) is 0.213. The number of hydrogen-bond donors (Lipinski definition) is 0. The second kappa shape index (κ2) is 17.6. The van der Waals surface area contributed by atoms with E-state index >= 15 is 0 Å². The third-order valence-corrected chi connectivity index (χ3v) is 12.3. The summed E-state index contributed by atoms with van der Waals surface area (Å²) in [5.41, 5.74) is 15.2. The van der Waals surface area contributed by atoms with Crippen molar-refractivity contribution in [1.29, 1.82) is 0 Å². The molecule has 0 amide bonds. The molecule has 66 heavy (non-hydrogen) atoms. The summed E-state index contributed by atoms with van der Waals surface area (Å²) in [6.07, 6.45) is 8.83. The predicted octanol–water partition coefficient (Wildman–Crippen LogP) is 15.3. The van der Waals surface area contributed by atoms with E-state index in [4.69, 9.17) is 9.72 Å². The van der Waals surface area contributed by atoms with E-state index in [0.29, 0.717) is 11.8 Å². The Morgan fingerprint density at radius 1 is 0.561 bits per heavy atom. The van der Waals surface area contributed by atoms with Crippen LogP contribution in [0.15, 0.2) is 176 Å². The minimum Gasteiger partial charge on any atom is -0.458 e. The summed E-state index contributed by atoms with van der Waals surface area (Å²) in [5.74, 6) is 3.51. The van der Waals surface area contributed by atoms with Crippen LogP contribution in [0.5, 0.6) is 11.5 Å². The zero-order valence-corrected chi connectivity index (χ0v) is 39.2. The van der Waals surface area contributed by atoms with Gasteiger partial charge < -0.3 is 4.74 Å². The highest BCUT2D eigenvalue weighted by Crippen LogP contribution is 2.38. The molecule has 5 heteroatoms. The molecule has 0 fully saturated rings. The molecule has 5 nitrogen and oxygen atoms in total. The molecule has 0 aliphatic carbocycles. The topological polar surface area (TPSA) is 35.9 Å². The van der Waals surface area contributed by atoms with Gasteiger partial charge in [-0.1, -0.05) is 164 Å². The molecule has 328 valence electrons. The van der Waals surface area contributed by atoms with E-state index in [2.05, 4.69) is 232 Å². The zero-order chi connectivity index (χ0) is 45.5. The summed E-state index contributed by atoms with van der Waals surface area (Å²) < 4.78 is 13.5. The zero-order valence-electron chi connectivity index (χ0n) is 39.2. The Kier molecular flexibility index (Phi) is 11.4. The van der Waals surface area contributed by atoms with Crippen molar-refractivity contribution in [3.8, 4) is 50.9 Å². The molecule has 0 unspecified atom stereocenters. The number of hydrogen-bond acceptors (Lipinski definition) is 2. The standard InChI is InChI=1S/C61H58N4O/c1-41(2)32-43-16-12-18-46(34-43)51-23-15-24-52(47-19-13-17-44(35-47)33-42(3)4)60(51)64-40-63(56-26-10-11-27-57(56)64)48-20-14-21-49(37-48)66-50-28-29-54-53-22-8-9-25-55(53)65(58(54)38-50)59-36-45(30-31-62-59)39-61(5,6)7/h8-31,34-38,41-42H,32-33,39H2,1-7H3. The van der Waals surface area contributed by atoms with Crippen molar-refractivity contribution in [2.24, 2.45) is 17.3 Å². The number of ether oxygens (including phenoxy) is 1. The molecule has 10 rings (SSSR count). The normalized spacial score (nSPS) is 12.0. The van der Waals surface area contributed by atoms with Gasteiger partial charge in [0.05, 0.1) is 33.4 Å². The lowest BCUT2D eigenvalue weighted by Gasteiger charge is -2.18. The van der Waals surface area contributed by atoms with Gasteiger partial charge in [0.2, 0.25) is 0 Å². The minimum absolute atomic E-state index is 0.159. The van der Waals surface area contributed by atoms with Crippen LogP contribution in [-0.2, 0) is 19.3 Å². The van der Waals surface area contributed by atoms with Gasteiger partial charge in [-0.15, -0.1) is 0 Å². The summed E-state index contributed by atoms with van der Waals surface area (Å²) >= 11 is 0. The third kappa shape index (κ3) is 8.66. The van der Waals surface area contributed by atoms with Crippen LogP contribution in [0.3, 0.4) is 0 Å². The lowest BCUT2D eigenvalue weighted by Crippen LogP contribution is -2.31. The van der Waals surface area contributed by atoms with Crippen LogP contribution in [0.4, 0.5) is 0 Å². The molecule has 0 atom stereocenters. The van der Waals surface area contributed by atoms with Crippen LogP contribution < -0.4 is 9.30 Å². The molecular formula is C61H58N4O. The molecule has 0 aliphatic rings. The first kappa shape index (κ1) is 42.7. The SMILES string of the molecule is CC(C)Cc1cccc(-c2cccc(-c3cccc(CC(C)C)c3)c2-[n+]2[c-]n(-c3cccc(Oc4ccc5c6ccccc6n(-c6cc(CC(C)(C)C)ccn6)c5c4)c3)c3ccccc32)c1. The van der Waals surface area contributed by atoms with Gasteiger partial charge in [-0.3, -0.25) is 13.7 Å². The van der Waals surface area contributed by atoms with Gasteiger partial charge in [-0.05, 0) is 124 Å². The molecule has 0 aliphatic heterocycles. The molecule has 3 heterocycles. The number of fused-ring (bicyclic) bond motifs is 4. The van der Waals surface area contributed by atoms with E-state index in [1.54, 1.807) is 0 Å². The minimum atomic E-state index is 0.159. The predicted molar refractivity (Wildman–Crippen MR) is 273 cm³/mol. The number of benzene rings is 7. The number of imidazole rings is 1. The lowest BCUT2D eigenvalue weighted by molar-refractivity contribution is -0.571. The summed E-state index contributed by atoms with van der Waals surface area (Å²) in [5, 5.41) is 2.34. The van der Waals surface area contributed by atoms with Crippen molar-refractivity contribution in [2.75, 3.05) is 0 Å². The van der Waals surface area contributed by atoms with Gasteiger partial charge >= 0.3 is 0 Å². The van der Waals surface area contributed by atoms with Crippen molar-refractivity contribution in [3.63, 3.8) is 0 Å². The highest BCUT2D eigenvalue weighted by Gasteiger charge is 2.21. The summed E-state index contributed by atoms with van der Waals surface area (Å²) in [6, 6.07) is 61.2. The maximum Gasteiger partial charge on any atom is 0.269 e. The number of aromatic nitrogens is 4. The highest BCUT2D eigenvalue weighted by atomic mass is 16.5. The monoisotopic (exact) mass is 862 g/mol. The Morgan fingerprint density at radius 3 is 1.88 bits per heavy atom. The van der Waals surface area contributed by atoms with Crippen LogP contribution >= 0.6 is 0 Å². The Balaban J connectivity index is 1.08. The maximum absolute atomic E-state index is 6.79. The van der Waals surface area contributed by atoms with Crippen molar-refractivity contribution < 1.29 is 9.30 Å². The van der Waals surface area contributed by atoms with Crippen LogP contribution in [0, 0.1) is 23.6 Å². The third-order valence-electron chi connectivity index (χ3n) is 12.3. The van der Waals surface area contributed by atoms with E-state index < -0.39 is 0 Å². The average Bonchev–Trinajstić information content (AvgIpc) is 3.84. The molecule has 10 aromatic rings. The summed E-state index contributed by atoms with van der Waals surface area (Å²) in [4.78, 5) is 4.91. The van der Waals surface area contributed by atoms with Crippen molar-refractivity contribution in [1.82, 2.24) is 14.1 Å². The smallest absolute Gasteiger partial charge is 0.269 e. The number of rotatable bonds is 12. The second-order valence-electron chi connectivity index (χ2n) is 19.9.